The van der Waals surface area contributed by atoms with Crippen LogP contribution in [0.5, 0.6) is 0 Å². The molecule has 2 saturated heterocycles. The minimum absolute atomic E-state index is 0.0952. The second-order valence-electron chi connectivity index (χ2n) is 6.03. The van der Waals surface area contributed by atoms with Crippen LogP contribution in [0.3, 0.4) is 0 Å². The van der Waals surface area contributed by atoms with Gasteiger partial charge in [0.1, 0.15) is 5.41 Å². The first kappa shape index (κ1) is 16.3. The molecule has 0 unspecified atom stereocenters. The topological polar surface area (TPSA) is 55.8 Å². The lowest BCUT2D eigenvalue weighted by Gasteiger charge is -2.27. The van der Waals surface area contributed by atoms with Crippen molar-refractivity contribution >= 4 is 23.5 Å². The normalized spacial score (nSPS) is 29.7. The Kier molecular flexibility index (Phi) is 4.60. The summed E-state index contributed by atoms with van der Waals surface area (Å²) < 4.78 is 10.8. The average Bonchev–Trinajstić information content (AvgIpc) is 3.12. The van der Waals surface area contributed by atoms with Crippen LogP contribution in [0.2, 0.25) is 0 Å². The lowest BCUT2D eigenvalue weighted by molar-refractivity contribution is -0.162. The van der Waals surface area contributed by atoms with Crippen LogP contribution < -0.4 is 0 Å². The Morgan fingerprint density at radius 2 is 2.17 bits per heavy atom. The van der Waals surface area contributed by atoms with Crippen LogP contribution in [0.1, 0.15) is 31.1 Å². The van der Waals surface area contributed by atoms with Gasteiger partial charge in [0.25, 0.3) is 0 Å². The van der Waals surface area contributed by atoms with Gasteiger partial charge in [0, 0.05) is 11.4 Å². The fraction of sp³-hybridized carbons (Fsp3) is 0.529. The van der Waals surface area contributed by atoms with Gasteiger partial charge in [-0.05, 0) is 19.3 Å². The number of hydrogen-bond acceptors (Lipinski definition) is 4. The molecule has 0 radical (unpaired) electrons. The standard InChI is InChI=1S/C17H20ClNO4/c1-22-16(21)17(8-5-9-18)10-13-11-23-14(19(13)15(17)20)12-6-3-2-4-7-12/h2-4,6-7,13-14H,5,8-11H2,1H3/t13-,14+,17+/m0/s1. The number of methoxy groups -OCH3 is 1. The summed E-state index contributed by atoms with van der Waals surface area (Å²) in [6.45, 7) is 0.435. The Bertz CT molecular complexity index is 594. The number of ether oxygens (including phenoxy) is 2. The highest BCUT2D eigenvalue weighted by atomic mass is 35.5. The van der Waals surface area contributed by atoms with Gasteiger partial charge in [-0.2, -0.15) is 0 Å². The van der Waals surface area contributed by atoms with Gasteiger partial charge in [0.15, 0.2) is 6.23 Å². The smallest absolute Gasteiger partial charge is 0.321 e. The highest BCUT2D eigenvalue weighted by Gasteiger charge is 2.60. The summed E-state index contributed by atoms with van der Waals surface area (Å²) >= 11 is 5.78. The van der Waals surface area contributed by atoms with Crippen LogP contribution >= 0.6 is 11.6 Å². The van der Waals surface area contributed by atoms with Gasteiger partial charge in [-0.1, -0.05) is 30.3 Å². The third-order valence-corrected chi connectivity index (χ3v) is 4.99. The zero-order chi connectivity index (χ0) is 16.4. The molecule has 5 nitrogen and oxygen atoms in total. The Hall–Kier alpha value is -1.59. The fourth-order valence-corrected chi connectivity index (χ4v) is 3.77. The van der Waals surface area contributed by atoms with E-state index in [1.807, 2.05) is 30.3 Å². The van der Waals surface area contributed by atoms with Gasteiger partial charge in [0.05, 0.1) is 19.8 Å². The second kappa shape index (κ2) is 6.49. The van der Waals surface area contributed by atoms with Crippen LogP contribution in [-0.2, 0) is 19.1 Å². The van der Waals surface area contributed by atoms with Crippen LogP contribution in [-0.4, -0.2) is 42.4 Å². The van der Waals surface area contributed by atoms with E-state index in [1.54, 1.807) is 4.90 Å². The molecule has 2 aliphatic heterocycles. The number of fused-ring (bicyclic) bond motifs is 1. The number of carbonyl (C=O) groups is 2. The quantitative estimate of drug-likeness (QED) is 0.470. The third kappa shape index (κ3) is 2.62. The largest absolute Gasteiger partial charge is 0.468 e. The molecule has 2 fully saturated rings. The van der Waals surface area contributed by atoms with Gasteiger partial charge in [-0.15, -0.1) is 11.6 Å². The van der Waals surface area contributed by atoms with E-state index < -0.39 is 17.6 Å². The summed E-state index contributed by atoms with van der Waals surface area (Å²) in [5.74, 6) is -0.255. The Balaban J connectivity index is 1.91. The summed E-state index contributed by atoms with van der Waals surface area (Å²) in [6.07, 6.45) is 1.01. The van der Waals surface area contributed by atoms with E-state index >= 15 is 0 Å². The van der Waals surface area contributed by atoms with Crippen LogP contribution in [0.15, 0.2) is 30.3 Å². The molecule has 2 aliphatic rings. The molecule has 3 rings (SSSR count). The van der Waals surface area contributed by atoms with Crippen LogP contribution in [0, 0.1) is 5.41 Å². The molecular weight excluding hydrogens is 318 g/mol. The zero-order valence-electron chi connectivity index (χ0n) is 13.0. The highest BCUT2D eigenvalue weighted by molar-refractivity contribution is 6.17. The van der Waals surface area contributed by atoms with Gasteiger partial charge in [0.2, 0.25) is 5.91 Å². The summed E-state index contributed by atoms with van der Waals surface area (Å²) in [5.41, 5.74) is -0.202. The molecule has 124 valence electrons. The van der Waals surface area contributed by atoms with Gasteiger partial charge in [-0.25, -0.2) is 0 Å². The van der Waals surface area contributed by atoms with Gasteiger partial charge < -0.3 is 14.4 Å². The first-order valence-electron chi connectivity index (χ1n) is 7.78. The average molecular weight is 338 g/mol. The zero-order valence-corrected chi connectivity index (χ0v) is 13.8. The molecule has 0 aromatic heterocycles. The molecule has 2 heterocycles. The van der Waals surface area contributed by atoms with Gasteiger partial charge >= 0.3 is 5.97 Å². The molecule has 0 bridgehead atoms. The number of hydrogen-bond donors (Lipinski definition) is 0. The maximum atomic E-state index is 13.1. The molecule has 0 spiro atoms. The Labute approximate surface area is 140 Å². The molecule has 0 N–H and O–H groups in total. The second-order valence-corrected chi connectivity index (χ2v) is 6.41. The van der Waals surface area contributed by atoms with E-state index in [-0.39, 0.29) is 11.9 Å². The van der Waals surface area contributed by atoms with E-state index in [0.717, 1.165) is 5.56 Å². The first-order chi connectivity index (χ1) is 11.1. The monoisotopic (exact) mass is 337 g/mol. The molecule has 0 aliphatic carbocycles. The number of rotatable bonds is 5. The van der Waals surface area contributed by atoms with Crippen molar-refractivity contribution in [2.45, 2.75) is 31.5 Å². The third-order valence-electron chi connectivity index (χ3n) is 4.72. The summed E-state index contributed by atoms with van der Waals surface area (Å²) in [7, 11) is 1.33. The maximum absolute atomic E-state index is 13.1. The SMILES string of the molecule is COC(=O)[C@]1(CCCCl)C[C@H]2CO[C@H](c3ccccc3)N2C1=O. The predicted octanol–water partition coefficient (Wildman–Crippen LogP) is 2.49. The number of esters is 1. The van der Waals surface area contributed by atoms with E-state index in [9.17, 15) is 9.59 Å². The molecule has 1 amide bonds. The number of halogens is 1. The minimum atomic E-state index is -1.12. The number of alkyl halides is 1. The lowest BCUT2D eigenvalue weighted by Crippen LogP contribution is -2.42. The summed E-state index contributed by atoms with van der Waals surface area (Å²) in [6, 6.07) is 9.50. The number of amides is 1. The van der Waals surface area contributed by atoms with Crippen molar-refractivity contribution in [3.63, 3.8) is 0 Å². The summed E-state index contributed by atoms with van der Waals surface area (Å²) in [4.78, 5) is 27.2. The van der Waals surface area contributed by atoms with Crippen LogP contribution in [0.25, 0.3) is 0 Å². The molecule has 3 atom stereocenters. The molecular formula is C17H20ClNO4. The van der Waals surface area contributed by atoms with Crippen molar-refractivity contribution in [3.05, 3.63) is 35.9 Å². The van der Waals surface area contributed by atoms with Crippen molar-refractivity contribution in [3.8, 4) is 0 Å². The van der Waals surface area contributed by atoms with Gasteiger partial charge in [-0.3, -0.25) is 9.59 Å². The van der Waals surface area contributed by atoms with Crippen molar-refractivity contribution in [2.24, 2.45) is 5.41 Å². The van der Waals surface area contributed by atoms with E-state index in [0.29, 0.717) is 31.7 Å². The van der Waals surface area contributed by atoms with E-state index in [4.69, 9.17) is 21.1 Å². The first-order valence-corrected chi connectivity index (χ1v) is 8.31. The van der Waals surface area contributed by atoms with Crippen molar-refractivity contribution in [2.75, 3.05) is 19.6 Å². The lowest BCUT2D eigenvalue weighted by atomic mass is 9.80. The van der Waals surface area contributed by atoms with E-state index in [2.05, 4.69) is 0 Å². The maximum Gasteiger partial charge on any atom is 0.321 e. The van der Waals surface area contributed by atoms with E-state index in [1.165, 1.54) is 7.11 Å². The molecule has 1 aromatic carbocycles. The fourth-order valence-electron chi connectivity index (χ4n) is 3.64. The number of nitrogens with zero attached hydrogens (tertiary/aromatic N) is 1. The highest BCUT2D eigenvalue weighted by Crippen LogP contribution is 2.48. The molecule has 6 heteroatoms. The Morgan fingerprint density at radius 3 is 2.83 bits per heavy atom. The molecule has 0 saturated carbocycles. The Morgan fingerprint density at radius 1 is 1.43 bits per heavy atom. The van der Waals surface area contributed by atoms with Crippen LogP contribution in [0.4, 0.5) is 0 Å². The number of carbonyl (C=O) groups excluding carboxylic acids is 2. The van der Waals surface area contributed by atoms with Crippen molar-refractivity contribution < 1.29 is 19.1 Å². The summed E-state index contributed by atoms with van der Waals surface area (Å²) in [5, 5.41) is 0. The van der Waals surface area contributed by atoms with Crippen molar-refractivity contribution in [1.29, 1.82) is 0 Å². The number of benzene rings is 1. The minimum Gasteiger partial charge on any atom is -0.468 e. The predicted molar refractivity (Wildman–Crippen MR) is 84.8 cm³/mol. The molecule has 23 heavy (non-hydrogen) atoms. The molecule has 1 aromatic rings. The van der Waals surface area contributed by atoms with Crippen molar-refractivity contribution in [1.82, 2.24) is 4.90 Å².